The molecule has 0 spiro atoms. The molecular weight excluding hydrogens is 365 g/mol. The summed E-state index contributed by atoms with van der Waals surface area (Å²) in [6.07, 6.45) is 0. The summed E-state index contributed by atoms with van der Waals surface area (Å²) in [5.74, 6) is 0.197. The van der Waals surface area contributed by atoms with Crippen LogP contribution in [0.1, 0.15) is 19.4 Å². The predicted octanol–water partition coefficient (Wildman–Crippen LogP) is 2.74. The predicted molar refractivity (Wildman–Crippen MR) is 107 cm³/mol. The first-order valence-corrected chi connectivity index (χ1v) is 10.4. The van der Waals surface area contributed by atoms with E-state index in [-0.39, 0.29) is 23.5 Å². The number of nitrogens with zero attached hydrogens (tertiary/aromatic N) is 1. The maximum absolute atomic E-state index is 13.5. The molecule has 2 aromatic carbocycles. The van der Waals surface area contributed by atoms with Crippen LogP contribution in [0.15, 0.2) is 64.5 Å². The Morgan fingerprint density at radius 3 is 2.41 bits per heavy atom. The average molecular weight is 392 g/mol. The molecule has 0 radical (unpaired) electrons. The Morgan fingerprint density at radius 2 is 1.78 bits per heavy atom. The van der Waals surface area contributed by atoms with E-state index in [1.54, 1.807) is 43.4 Å². The molecule has 146 valence electrons. The second kappa shape index (κ2) is 8.99. The number of rotatable bonds is 7. The number of hydrogen-bond donors (Lipinski definition) is 2. The molecule has 2 N–H and O–H groups in total. The smallest absolute Gasteiger partial charge is 0.191 e. The lowest BCUT2D eigenvalue weighted by Crippen LogP contribution is -2.44. The van der Waals surface area contributed by atoms with Gasteiger partial charge in [-0.15, -0.1) is 0 Å². The minimum atomic E-state index is -3.34. The van der Waals surface area contributed by atoms with Gasteiger partial charge in [-0.25, -0.2) is 12.8 Å². The molecule has 0 heterocycles. The molecule has 0 atom stereocenters. The molecule has 0 saturated carbocycles. The van der Waals surface area contributed by atoms with Gasteiger partial charge in [0, 0.05) is 25.6 Å². The second-order valence-electron chi connectivity index (χ2n) is 6.88. The van der Waals surface area contributed by atoms with Gasteiger partial charge in [-0.05, 0) is 29.8 Å². The quantitative estimate of drug-likeness (QED) is 0.562. The summed E-state index contributed by atoms with van der Waals surface area (Å²) in [5, 5.41) is 6.19. The van der Waals surface area contributed by atoms with E-state index in [0.717, 1.165) is 5.56 Å². The van der Waals surface area contributed by atoms with Crippen LogP contribution in [-0.2, 0) is 15.3 Å². The van der Waals surface area contributed by atoms with Gasteiger partial charge in [0.25, 0.3) is 0 Å². The Kier molecular flexibility index (Phi) is 6.96. The topological polar surface area (TPSA) is 70.6 Å². The van der Waals surface area contributed by atoms with E-state index < -0.39 is 9.84 Å². The minimum Gasteiger partial charge on any atom is -0.356 e. The second-order valence-corrected chi connectivity index (χ2v) is 8.99. The first kappa shape index (κ1) is 20.9. The summed E-state index contributed by atoms with van der Waals surface area (Å²) in [6.45, 7) is 4.75. The Bertz CT molecular complexity index is 881. The van der Waals surface area contributed by atoms with Crippen molar-refractivity contribution in [3.8, 4) is 0 Å². The van der Waals surface area contributed by atoms with Crippen molar-refractivity contribution >= 4 is 15.8 Å². The van der Waals surface area contributed by atoms with Gasteiger partial charge in [0.2, 0.25) is 0 Å². The Hall–Kier alpha value is -2.41. The number of guanidine groups is 1. The van der Waals surface area contributed by atoms with Crippen LogP contribution in [0.5, 0.6) is 0 Å². The van der Waals surface area contributed by atoms with E-state index in [0.29, 0.717) is 17.4 Å². The fourth-order valence-corrected chi connectivity index (χ4v) is 3.76. The van der Waals surface area contributed by atoms with Crippen molar-refractivity contribution in [1.29, 1.82) is 0 Å². The largest absolute Gasteiger partial charge is 0.356 e. The molecule has 2 rings (SSSR count). The molecule has 0 fully saturated rings. The Morgan fingerprint density at radius 1 is 1.07 bits per heavy atom. The van der Waals surface area contributed by atoms with Gasteiger partial charge in [-0.1, -0.05) is 44.2 Å². The van der Waals surface area contributed by atoms with Crippen molar-refractivity contribution in [2.24, 2.45) is 4.99 Å². The van der Waals surface area contributed by atoms with Gasteiger partial charge in [-0.3, -0.25) is 4.99 Å². The summed E-state index contributed by atoms with van der Waals surface area (Å²) in [5.41, 5.74) is 0.549. The highest BCUT2D eigenvalue weighted by Crippen LogP contribution is 2.22. The lowest BCUT2D eigenvalue weighted by atomic mass is 9.84. The van der Waals surface area contributed by atoms with Crippen molar-refractivity contribution in [3.63, 3.8) is 0 Å². The summed E-state index contributed by atoms with van der Waals surface area (Å²) in [7, 11) is -1.72. The summed E-state index contributed by atoms with van der Waals surface area (Å²) in [4.78, 5) is 4.43. The minimum absolute atomic E-state index is 0.0367. The highest BCUT2D eigenvalue weighted by molar-refractivity contribution is 7.91. The zero-order valence-corrected chi connectivity index (χ0v) is 16.7. The first-order valence-electron chi connectivity index (χ1n) is 8.73. The van der Waals surface area contributed by atoms with Crippen molar-refractivity contribution in [3.05, 3.63) is 66.0 Å². The van der Waals surface area contributed by atoms with Crippen LogP contribution in [0.4, 0.5) is 4.39 Å². The molecule has 5 nitrogen and oxygen atoms in total. The molecule has 7 heteroatoms. The Labute approximate surface area is 160 Å². The molecule has 0 aliphatic carbocycles. The highest BCUT2D eigenvalue weighted by Gasteiger charge is 2.21. The maximum atomic E-state index is 13.5. The highest BCUT2D eigenvalue weighted by atomic mass is 32.2. The number of aliphatic imine (C=N–C) groups is 1. The van der Waals surface area contributed by atoms with Gasteiger partial charge in [-0.2, -0.15) is 0 Å². The number of halogens is 1. The number of nitrogens with one attached hydrogen (secondary N) is 2. The first-order chi connectivity index (χ1) is 12.7. The third-order valence-corrected chi connectivity index (χ3v) is 6.03. The zero-order chi connectivity index (χ0) is 19.9. The van der Waals surface area contributed by atoms with Gasteiger partial charge < -0.3 is 10.6 Å². The SMILES string of the molecule is CN=C(NCCS(=O)(=O)c1ccccc1)NCC(C)(C)c1cccc(F)c1. The number of benzene rings is 2. The molecule has 2 aromatic rings. The van der Waals surface area contributed by atoms with Crippen LogP contribution in [0.2, 0.25) is 0 Å². The van der Waals surface area contributed by atoms with Gasteiger partial charge in [0.1, 0.15) is 5.82 Å². The zero-order valence-electron chi connectivity index (χ0n) is 15.9. The molecule has 27 heavy (non-hydrogen) atoms. The van der Waals surface area contributed by atoms with E-state index in [9.17, 15) is 12.8 Å². The lowest BCUT2D eigenvalue weighted by Gasteiger charge is -2.26. The maximum Gasteiger partial charge on any atom is 0.191 e. The standard InChI is InChI=1S/C20H26FN3O2S/c1-20(2,16-8-7-9-17(21)14-16)15-24-19(22-3)23-12-13-27(25,26)18-10-5-4-6-11-18/h4-11,14H,12-13,15H2,1-3H3,(H2,22,23,24). The fourth-order valence-electron chi connectivity index (χ4n) is 2.59. The van der Waals surface area contributed by atoms with Crippen LogP contribution >= 0.6 is 0 Å². The molecule has 0 bridgehead atoms. The van der Waals surface area contributed by atoms with E-state index in [1.807, 2.05) is 19.9 Å². The van der Waals surface area contributed by atoms with E-state index in [1.165, 1.54) is 12.1 Å². The van der Waals surface area contributed by atoms with Crippen LogP contribution in [-0.4, -0.2) is 40.3 Å². The van der Waals surface area contributed by atoms with Crippen molar-refractivity contribution in [2.75, 3.05) is 25.9 Å². The van der Waals surface area contributed by atoms with Crippen molar-refractivity contribution in [2.45, 2.75) is 24.2 Å². The van der Waals surface area contributed by atoms with Crippen molar-refractivity contribution in [1.82, 2.24) is 10.6 Å². The van der Waals surface area contributed by atoms with E-state index >= 15 is 0 Å². The fraction of sp³-hybridized carbons (Fsp3) is 0.350. The average Bonchev–Trinajstić information content (AvgIpc) is 2.65. The molecule has 0 aliphatic rings. The Balaban J connectivity index is 1.89. The summed E-state index contributed by atoms with van der Waals surface area (Å²) in [6, 6.07) is 14.9. The molecule has 0 unspecified atom stereocenters. The summed E-state index contributed by atoms with van der Waals surface area (Å²) >= 11 is 0. The van der Waals surface area contributed by atoms with E-state index in [4.69, 9.17) is 0 Å². The van der Waals surface area contributed by atoms with Crippen LogP contribution < -0.4 is 10.6 Å². The number of sulfone groups is 1. The summed E-state index contributed by atoms with van der Waals surface area (Å²) < 4.78 is 38.1. The molecule has 0 aliphatic heterocycles. The van der Waals surface area contributed by atoms with E-state index in [2.05, 4.69) is 15.6 Å². The van der Waals surface area contributed by atoms with Gasteiger partial charge in [0.15, 0.2) is 15.8 Å². The van der Waals surface area contributed by atoms with Crippen LogP contribution in [0.3, 0.4) is 0 Å². The number of hydrogen-bond acceptors (Lipinski definition) is 3. The molecule has 0 amide bonds. The molecule has 0 aromatic heterocycles. The monoisotopic (exact) mass is 391 g/mol. The molecule has 0 saturated heterocycles. The molecular formula is C20H26FN3O2S. The van der Waals surface area contributed by atoms with Crippen LogP contribution in [0, 0.1) is 5.82 Å². The van der Waals surface area contributed by atoms with Crippen LogP contribution in [0.25, 0.3) is 0 Å². The third kappa shape index (κ3) is 6.06. The lowest BCUT2D eigenvalue weighted by molar-refractivity contribution is 0.503. The van der Waals surface area contributed by atoms with Gasteiger partial charge >= 0.3 is 0 Å². The normalized spacial score (nSPS) is 12.7. The third-order valence-electron chi connectivity index (χ3n) is 4.29. The van der Waals surface area contributed by atoms with Gasteiger partial charge in [0.05, 0.1) is 10.6 Å². The van der Waals surface area contributed by atoms with Crippen molar-refractivity contribution < 1.29 is 12.8 Å².